The molecule has 1 spiro atoms. The molecule has 2 amide bonds. The van der Waals surface area contributed by atoms with Crippen LogP contribution in [-0.4, -0.2) is 47.6 Å². The molecule has 3 aliphatic rings. The van der Waals surface area contributed by atoms with Gasteiger partial charge >= 0.3 is 0 Å². The van der Waals surface area contributed by atoms with Crippen LogP contribution in [-0.2, 0) is 14.3 Å². The summed E-state index contributed by atoms with van der Waals surface area (Å²) in [5.74, 6) is 0.128. The minimum Gasteiger partial charge on any atom is -0.381 e. The average molecular weight is 266 g/mol. The zero-order valence-electron chi connectivity index (χ0n) is 11.5. The van der Waals surface area contributed by atoms with Crippen molar-refractivity contribution in [2.75, 3.05) is 19.8 Å². The smallest absolute Gasteiger partial charge is 0.249 e. The molecule has 19 heavy (non-hydrogen) atoms. The van der Waals surface area contributed by atoms with Crippen molar-refractivity contribution < 1.29 is 14.3 Å². The Hall–Kier alpha value is -1.10. The SMILES string of the molecule is CC1(N2CC(=O)NC3(CCCC3)C2=O)CCOCC1. The van der Waals surface area contributed by atoms with Crippen LogP contribution in [0.3, 0.4) is 0 Å². The topological polar surface area (TPSA) is 58.6 Å². The minimum absolute atomic E-state index is 0.00535. The number of carbonyl (C=O) groups excluding carboxylic acids is 2. The van der Waals surface area contributed by atoms with E-state index in [4.69, 9.17) is 4.74 Å². The summed E-state index contributed by atoms with van der Waals surface area (Å²) in [5, 5.41) is 2.97. The number of ether oxygens (including phenoxy) is 1. The first-order chi connectivity index (χ1) is 9.06. The molecule has 2 heterocycles. The van der Waals surface area contributed by atoms with Gasteiger partial charge in [-0.15, -0.1) is 0 Å². The standard InChI is InChI=1S/C14H22N2O3/c1-13(6-8-19-9-7-13)16-10-11(17)15-14(12(16)18)4-2-3-5-14/h2-10H2,1H3,(H,15,17). The third-order valence-electron chi connectivity index (χ3n) is 5.01. The molecule has 0 atom stereocenters. The number of nitrogens with zero attached hydrogens (tertiary/aromatic N) is 1. The molecule has 1 saturated carbocycles. The van der Waals surface area contributed by atoms with Crippen LogP contribution in [0, 0.1) is 0 Å². The fourth-order valence-electron chi connectivity index (χ4n) is 3.67. The molecule has 0 aromatic heterocycles. The van der Waals surface area contributed by atoms with Gasteiger partial charge in [0.15, 0.2) is 0 Å². The third kappa shape index (κ3) is 2.04. The molecule has 2 aliphatic heterocycles. The van der Waals surface area contributed by atoms with E-state index in [9.17, 15) is 9.59 Å². The maximum atomic E-state index is 12.9. The fraction of sp³-hybridized carbons (Fsp3) is 0.857. The molecule has 0 radical (unpaired) electrons. The van der Waals surface area contributed by atoms with Gasteiger partial charge in [0.1, 0.15) is 12.1 Å². The van der Waals surface area contributed by atoms with Crippen molar-refractivity contribution in [2.45, 2.75) is 56.5 Å². The first kappa shape index (κ1) is 12.9. The quantitative estimate of drug-likeness (QED) is 0.764. The molecule has 5 nitrogen and oxygen atoms in total. The highest BCUT2D eigenvalue weighted by Gasteiger charge is 2.52. The van der Waals surface area contributed by atoms with E-state index in [1.54, 1.807) is 0 Å². The minimum atomic E-state index is -0.601. The average Bonchev–Trinajstić information content (AvgIpc) is 2.84. The van der Waals surface area contributed by atoms with Gasteiger partial charge in [-0.3, -0.25) is 9.59 Å². The Labute approximate surface area is 113 Å². The Kier molecular flexibility index (Phi) is 3.04. The maximum absolute atomic E-state index is 12.9. The highest BCUT2D eigenvalue weighted by molar-refractivity contribution is 5.98. The van der Waals surface area contributed by atoms with Gasteiger partial charge < -0.3 is 15.0 Å². The third-order valence-corrected chi connectivity index (χ3v) is 5.01. The summed E-state index contributed by atoms with van der Waals surface area (Å²) in [5.41, 5.74) is -0.820. The van der Waals surface area contributed by atoms with Crippen LogP contribution in [0.15, 0.2) is 0 Å². The van der Waals surface area contributed by atoms with E-state index < -0.39 is 5.54 Å². The molecule has 1 N–H and O–H groups in total. The Bertz CT molecular complexity index is 395. The second-order valence-electron chi connectivity index (χ2n) is 6.34. The van der Waals surface area contributed by atoms with Gasteiger partial charge in [-0.1, -0.05) is 12.8 Å². The number of amides is 2. The summed E-state index contributed by atoms with van der Waals surface area (Å²) in [6.07, 6.45) is 5.28. The van der Waals surface area contributed by atoms with Crippen LogP contribution in [0.5, 0.6) is 0 Å². The summed E-state index contributed by atoms with van der Waals surface area (Å²) in [4.78, 5) is 26.7. The first-order valence-electron chi connectivity index (χ1n) is 7.27. The zero-order chi connectivity index (χ0) is 13.5. The van der Waals surface area contributed by atoms with Gasteiger partial charge in [0.05, 0.1) is 0 Å². The van der Waals surface area contributed by atoms with Gasteiger partial charge in [0, 0.05) is 18.8 Å². The predicted octanol–water partition coefficient (Wildman–Crippen LogP) is 0.827. The second-order valence-corrected chi connectivity index (χ2v) is 6.34. The number of hydrogen-bond acceptors (Lipinski definition) is 3. The second kappa shape index (κ2) is 4.47. The van der Waals surface area contributed by atoms with Crippen molar-refractivity contribution in [1.82, 2.24) is 10.2 Å². The van der Waals surface area contributed by atoms with E-state index in [0.29, 0.717) is 13.2 Å². The first-order valence-corrected chi connectivity index (χ1v) is 7.27. The van der Waals surface area contributed by atoms with Crippen LogP contribution < -0.4 is 5.32 Å². The molecule has 5 heteroatoms. The van der Waals surface area contributed by atoms with Gasteiger partial charge in [-0.05, 0) is 32.6 Å². The van der Waals surface area contributed by atoms with Crippen LogP contribution in [0.1, 0.15) is 45.4 Å². The molecule has 2 saturated heterocycles. The highest BCUT2D eigenvalue weighted by atomic mass is 16.5. The lowest BCUT2D eigenvalue weighted by Gasteiger charge is -2.49. The summed E-state index contributed by atoms with van der Waals surface area (Å²) in [6.45, 7) is 3.65. The summed E-state index contributed by atoms with van der Waals surface area (Å²) in [7, 11) is 0. The summed E-state index contributed by atoms with van der Waals surface area (Å²) >= 11 is 0. The molecular weight excluding hydrogens is 244 g/mol. The Morgan fingerprint density at radius 1 is 1.11 bits per heavy atom. The van der Waals surface area contributed by atoms with E-state index >= 15 is 0 Å². The van der Waals surface area contributed by atoms with Gasteiger partial charge in [-0.2, -0.15) is 0 Å². The van der Waals surface area contributed by atoms with Crippen molar-refractivity contribution in [1.29, 1.82) is 0 Å². The van der Waals surface area contributed by atoms with Crippen molar-refractivity contribution >= 4 is 11.8 Å². The fourth-order valence-corrected chi connectivity index (χ4v) is 3.67. The molecule has 106 valence electrons. The molecule has 3 fully saturated rings. The lowest BCUT2D eigenvalue weighted by Crippen LogP contribution is -2.70. The largest absolute Gasteiger partial charge is 0.381 e. The van der Waals surface area contributed by atoms with Crippen molar-refractivity contribution in [2.24, 2.45) is 0 Å². The van der Waals surface area contributed by atoms with Gasteiger partial charge in [0.2, 0.25) is 11.8 Å². The van der Waals surface area contributed by atoms with Crippen LogP contribution in [0.4, 0.5) is 0 Å². The lowest BCUT2D eigenvalue weighted by atomic mass is 9.85. The molecule has 0 aromatic carbocycles. The monoisotopic (exact) mass is 266 g/mol. The van der Waals surface area contributed by atoms with E-state index in [2.05, 4.69) is 12.2 Å². The Balaban J connectivity index is 1.87. The van der Waals surface area contributed by atoms with Gasteiger partial charge in [0.25, 0.3) is 0 Å². The van der Waals surface area contributed by atoms with Crippen LogP contribution in [0.2, 0.25) is 0 Å². The molecule has 0 aromatic rings. The zero-order valence-corrected chi connectivity index (χ0v) is 11.5. The number of piperazine rings is 1. The number of rotatable bonds is 1. The number of hydrogen-bond donors (Lipinski definition) is 1. The van der Waals surface area contributed by atoms with Crippen molar-refractivity contribution in [3.63, 3.8) is 0 Å². The Morgan fingerprint density at radius 2 is 1.74 bits per heavy atom. The number of nitrogens with one attached hydrogen (secondary N) is 1. The molecule has 3 rings (SSSR count). The van der Waals surface area contributed by atoms with E-state index in [-0.39, 0.29) is 23.9 Å². The Morgan fingerprint density at radius 3 is 2.37 bits per heavy atom. The molecule has 0 unspecified atom stereocenters. The maximum Gasteiger partial charge on any atom is 0.249 e. The van der Waals surface area contributed by atoms with Crippen molar-refractivity contribution in [3.8, 4) is 0 Å². The summed E-state index contributed by atoms with van der Waals surface area (Å²) < 4.78 is 5.40. The van der Waals surface area contributed by atoms with E-state index in [0.717, 1.165) is 38.5 Å². The van der Waals surface area contributed by atoms with Gasteiger partial charge in [-0.25, -0.2) is 0 Å². The predicted molar refractivity (Wildman–Crippen MR) is 69.5 cm³/mol. The highest BCUT2D eigenvalue weighted by Crippen LogP contribution is 2.37. The summed E-state index contributed by atoms with van der Waals surface area (Å²) in [6, 6.07) is 0. The normalized spacial score (nSPS) is 29.6. The van der Waals surface area contributed by atoms with E-state index in [1.807, 2.05) is 4.90 Å². The number of carbonyl (C=O) groups is 2. The molecule has 0 bridgehead atoms. The molecule has 1 aliphatic carbocycles. The van der Waals surface area contributed by atoms with Crippen LogP contribution in [0.25, 0.3) is 0 Å². The molecular formula is C14H22N2O3. The van der Waals surface area contributed by atoms with E-state index in [1.165, 1.54) is 0 Å². The van der Waals surface area contributed by atoms with Crippen LogP contribution >= 0.6 is 0 Å². The lowest BCUT2D eigenvalue weighted by molar-refractivity contribution is -0.159. The van der Waals surface area contributed by atoms with Crippen molar-refractivity contribution in [3.05, 3.63) is 0 Å².